The number of nitrogens with zero attached hydrogens (tertiary/aromatic N) is 2. The van der Waals surface area contributed by atoms with E-state index in [1.807, 2.05) is 13.8 Å². The van der Waals surface area contributed by atoms with Gasteiger partial charge in [-0.2, -0.15) is 0 Å². The second-order valence-electron chi connectivity index (χ2n) is 6.56. The van der Waals surface area contributed by atoms with Crippen molar-refractivity contribution < 1.29 is 14.7 Å². The smallest absolute Gasteiger partial charge is 0.317 e. The monoisotopic (exact) mass is 299 g/mol. The van der Waals surface area contributed by atoms with E-state index >= 15 is 0 Å². The van der Waals surface area contributed by atoms with E-state index in [9.17, 15) is 9.59 Å². The lowest BCUT2D eigenvalue weighted by atomic mass is 9.96. The summed E-state index contributed by atoms with van der Waals surface area (Å²) >= 11 is 0. The second kappa shape index (κ2) is 8.22. The van der Waals surface area contributed by atoms with Crippen LogP contribution in [-0.4, -0.2) is 66.2 Å². The average Bonchev–Trinajstić information content (AvgIpc) is 2.38. The molecule has 1 unspecified atom stereocenters. The quantitative estimate of drug-likeness (QED) is 0.776. The second-order valence-corrected chi connectivity index (χ2v) is 6.56. The number of aliphatic carboxylic acids is 1. The Kier molecular flexibility index (Phi) is 6.95. The summed E-state index contributed by atoms with van der Waals surface area (Å²) in [6.45, 7) is 12.5. The lowest BCUT2D eigenvalue weighted by Crippen LogP contribution is -2.53. The molecule has 1 atom stereocenters. The molecule has 1 fully saturated rings. The zero-order valence-corrected chi connectivity index (χ0v) is 13.6. The fourth-order valence-electron chi connectivity index (χ4n) is 2.57. The van der Waals surface area contributed by atoms with Crippen LogP contribution in [-0.2, 0) is 4.79 Å². The molecule has 0 aliphatic carbocycles. The number of urea groups is 1. The van der Waals surface area contributed by atoms with Crippen molar-refractivity contribution >= 4 is 12.0 Å². The zero-order valence-electron chi connectivity index (χ0n) is 13.6. The van der Waals surface area contributed by atoms with E-state index in [1.54, 1.807) is 4.90 Å². The SMILES string of the molecule is CC(C)CN1CCN(C(=O)NCC(C(=O)O)C(C)C)CC1. The fraction of sp³-hybridized carbons (Fsp3) is 0.867. The molecule has 2 N–H and O–H groups in total. The summed E-state index contributed by atoms with van der Waals surface area (Å²) in [5.41, 5.74) is 0. The van der Waals surface area contributed by atoms with Gasteiger partial charge >= 0.3 is 12.0 Å². The van der Waals surface area contributed by atoms with E-state index in [0.29, 0.717) is 19.0 Å². The molecule has 0 aromatic rings. The number of nitrogens with one attached hydrogen (secondary N) is 1. The van der Waals surface area contributed by atoms with Crippen LogP contribution in [0.25, 0.3) is 0 Å². The maximum Gasteiger partial charge on any atom is 0.317 e. The van der Waals surface area contributed by atoms with Gasteiger partial charge in [-0.05, 0) is 11.8 Å². The van der Waals surface area contributed by atoms with Gasteiger partial charge < -0.3 is 15.3 Å². The topological polar surface area (TPSA) is 72.9 Å². The molecule has 6 heteroatoms. The minimum atomic E-state index is -0.855. The number of carbonyl (C=O) groups excluding carboxylic acids is 1. The van der Waals surface area contributed by atoms with E-state index in [-0.39, 0.29) is 18.5 Å². The van der Waals surface area contributed by atoms with Gasteiger partial charge in [-0.1, -0.05) is 27.7 Å². The van der Waals surface area contributed by atoms with Crippen molar-refractivity contribution in [1.29, 1.82) is 0 Å². The third-order valence-corrected chi connectivity index (χ3v) is 3.88. The zero-order chi connectivity index (χ0) is 16.0. The molecule has 0 spiro atoms. The van der Waals surface area contributed by atoms with Crippen LogP contribution in [0.2, 0.25) is 0 Å². The van der Waals surface area contributed by atoms with Gasteiger partial charge in [0.05, 0.1) is 5.92 Å². The number of carboxylic acids is 1. The molecule has 0 aromatic heterocycles. The molecule has 1 saturated heterocycles. The van der Waals surface area contributed by atoms with Crippen molar-refractivity contribution in [1.82, 2.24) is 15.1 Å². The van der Waals surface area contributed by atoms with Crippen LogP contribution in [0.4, 0.5) is 4.79 Å². The minimum absolute atomic E-state index is 0.00527. The van der Waals surface area contributed by atoms with Crippen molar-refractivity contribution in [3.8, 4) is 0 Å². The molecular weight excluding hydrogens is 270 g/mol. The highest BCUT2D eigenvalue weighted by atomic mass is 16.4. The van der Waals surface area contributed by atoms with Crippen LogP contribution in [0.3, 0.4) is 0 Å². The van der Waals surface area contributed by atoms with Gasteiger partial charge in [0.25, 0.3) is 0 Å². The molecule has 1 heterocycles. The third kappa shape index (κ3) is 5.91. The van der Waals surface area contributed by atoms with E-state index < -0.39 is 11.9 Å². The van der Waals surface area contributed by atoms with Crippen molar-refractivity contribution in [2.75, 3.05) is 39.3 Å². The summed E-state index contributed by atoms with van der Waals surface area (Å²) in [6, 6.07) is -0.147. The highest BCUT2D eigenvalue weighted by molar-refractivity contribution is 5.76. The molecule has 2 amide bonds. The van der Waals surface area contributed by atoms with Crippen LogP contribution in [0.1, 0.15) is 27.7 Å². The standard InChI is InChI=1S/C15H29N3O3/c1-11(2)10-17-5-7-18(8-6-17)15(21)16-9-13(12(3)4)14(19)20/h11-13H,5-10H2,1-4H3,(H,16,21)(H,19,20). The molecule has 0 aromatic carbocycles. The Labute approximate surface area is 127 Å². The van der Waals surface area contributed by atoms with Gasteiger partial charge in [-0.25, -0.2) is 4.79 Å². The molecule has 21 heavy (non-hydrogen) atoms. The summed E-state index contributed by atoms with van der Waals surface area (Å²) in [5.74, 6) is -0.748. The molecule has 0 saturated carbocycles. The normalized spacial score (nSPS) is 18.1. The Morgan fingerprint density at radius 1 is 1.10 bits per heavy atom. The first kappa shape index (κ1) is 17.8. The number of rotatable bonds is 6. The van der Waals surface area contributed by atoms with Crippen molar-refractivity contribution in [2.24, 2.45) is 17.8 Å². The van der Waals surface area contributed by atoms with Gasteiger partial charge in [0.15, 0.2) is 0 Å². The Morgan fingerprint density at radius 2 is 1.67 bits per heavy atom. The van der Waals surface area contributed by atoms with Crippen LogP contribution in [0.15, 0.2) is 0 Å². The Bertz CT molecular complexity index is 350. The highest BCUT2D eigenvalue weighted by Gasteiger charge is 2.25. The number of hydrogen-bond donors (Lipinski definition) is 2. The van der Waals surface area contributed by atoms with E-state index in [0.717, 1.165) is 19.6 Å². The van der Waals surface area contributed by atoms with Crippen molar-refractivity contribution in [2.45, 2.75) is 27.7 Å². The summed E-state index contributed by atoms with van der Waals surface area (Å²) < 4.78 is 0. The predicted octanol–water partition coefficient (Wildman–Crippen LogP) is 1.33. The summed E-state index contributed by atoms with van der Waals surface area (Å²) in [6.07, 6.45) is 0. The first-order valence-corrected chi connectivity index (χ1v) is 7.79. The molecule has 0 bridgehead atoms. The maximum atomic E-state index is 12.1. The summed E-state index contributed by atoms with van der Waals surface area (Å²) in [7, 11) is 0. The number of carboxylic acid groups (broad SMARTS) is 1. The first-order valence-electron chi connectivity index (χ1n) is 7.79. The lowest BCUT2D eigenvalue weighted by molar-refractivity contribution is -0.142. The number of amides is 2. The van der Waals surface area contributed by atoms with Gasteiger partial charge in [0.2, 0.25) is 0 Å². The van der Waals surface area contributed by atoms with Crippen molar-refractivity contribution in [3.05, 3.63) is 0 Å². The molecule has 1 aliphatic rings. The largest absolute Gasteiger partial charge is 0.481 e. The minimum Gasteiger partial charge on any atom is -0.481 e. The number of piperazine rings is 1. The van der Waals surface area contributed by atoms with Gasteiger partial charge in [-0.15, -0.1) is 0 Å². The van der Waals surface area contributed by atoms with Gasteiger partial charge in [0.1, 0.15) is 0 Å². The summed E-state index contributed by atoms with van der Waals surface area (Å²) in [5, 5.41) is 11.9. The third-order valence-electron chi connectivity index (χ3n) is 3.88. The molecule has 6 nitrogen and oxygen atoms in total. The molecule has 1 aliphatic heterocycles. The lowest BCUT2D eigenvalue weighted by Gasteiger charge is -2.35. The Hall–Kier alpha value is -1.30. The summed E-state index contributed by atoms with van der Waals surface area (Å²) in [4.78, 5) is 27.3. The van der Waals surface area contributed by atoms with Crippen LogP contribution < -0.4 is 5.32 Å². The van der Waals surface area contributed by atoms with E-state index in [1.165, 1.54) is 0 Å². The van der Waals surface area contributed by atoms with Crippen LogP contribution in [0.5, 0.6) is 0 Å². The van der Waals surface area contributed by atoms with Crippen LogP contribution in [0, 0.1) is 17.8 Å². The van der Waals surface area contributed by atoms with Crippen LogP contribution >= 0.6 is 0 Å². The highest BCUT2D eigenvalue weighted by Crippen LogP contribution is 2.10. The molecule has 122 valence electrons. The molecule has 1 rings (SSSR count). The van der Waals surface area contributed by atoms with Gasteiger partial charge in [-0.3, -0.25) is 9.69 Å². The fourth-order valence-corrected chi connectivity index (χ4v) is 2.57. The molecule has 0 radical (unpaired) electrons. The maximum absolute atomic E-state index is 12.1. The average molecular weight is 299 g/mol. The number of carbonyl (C=O) groups is 2. The van der Waals surface area contributed by atoms with E-state index in [2.05, 4.69) is 24.1 Å². The van der Waals surface area contributed by atoms with E-state index in [4.69, 9.17) is 5.11 Å². The predicted molar refractivity (Wildman–Crippen MR) is 82.2 cm³/mol. The molecular formula is C15H29N3O3. The van der Waals surface area contributed by atoms with Crippen molar-refractivity contribution in [3.63, 3.8) is 0 Å². The number of hydrogen-bond acceptors (Lipinski definition) is 3. The Morgan fingerprint density at radius 3 is 2.10 bits per heavy atom. The first-order chi connectivity index (χ1) is 9.81. The van der Waals surface area contributed by atoms with Gasteiger partial charge in [0, 0.05) is 39.3 Å². The Balaban J connectivity index is 2.35.